The minimum Gasteiger partial charge on any atom is -0.497 e. The van der Waals surface area contributed by atoms with Gasteiger partial charge in [0.15, 0.2) is 0 Å². The Morgan fingerprint density at radius 3 is 2.12 bits per heavy atom. The summed E-state index contributed by atoms with van der Waals surface area (Å²) < 4.78 is 6.92. The van der Waals surface area contributed by atoms with E-state index in [4.69, 9.17) is 15.1 Å². The van der Waals surface area contributed by atoms with Gasteiger partial charge in [0, 0.05) is 28.1 Å². The molecule has 2 N–H and O–H groups in total. The second-order valence-electron chi connectivity index (χ2n) is 9.01. The number of nitriles is 1. The van der Waals surface area contributed by atoms with Crippen molar-refractivity contribution in [3.05, 3.63) is 126 Å². The summed E-state index contributed by atoms with van der Waals surface area (Å²) in [6.07, 6.45) is 0. The van der Waals surface area contributed by atoms with Gasteiger partial charge in [-0.05, 0) is 79.7 Å². The molecule has 0 spiro atoms. The second-order valence-corrected chi connectivity index (χ2v) is 9.01. The van der Waals surface area contributed by atoms with Crippen molar-refractivity contribution in [1.29, 1.82) is 5.26 Å². The minimum absolute atomic E-state index is 0.304. The number of carbonyl (C=O) groups is 2. The van der Waals surface area contributed by atoms with Crippen LogP contribution in [0, 0.1) is 18.3 Å². The van der Waals surface area contributed by atoms with Crippen LogP contribution in [0.25, 0.3) is 16.9 Å². The molecule has 1 heterocycles. The van der Waals surface area contributed by atoms with Crippen LogP contribution in [0.5, 0.6) is 5.75 Å². The number of ether oxygens (including phenoxy) is 1. The summed E-state index contributed by atoms with van der Waals surface area (Å²) in [6, 6.07) is 32.2. The summed E-state index contributed by atoms with van der Waals surface area (Å²) in [5.41, 5.74) is 5.51. The first-order valence-electron chi connectivity index (χ1n) is 12.5. The Hall–Kier alpha value is -5.68. The number of aromatic nitrogens is 2. The number of aryl methyl sites for hydroxylation is 1. The van der Waals surface area contributed by atoms with E-state index in [1.807, 2.05) is 43.3 Å². The van der Waals surface area contributed by atoms with Crippen molar-refractivity contribution in [3.8, 4) is 28.8 Å². The fourth-order valence-corrected chi connectivity index (χ4v) is 4.20. The third kappa shape index (κ3) is 5.59. The number of hydrogen-bond acceptors (Lipinski definition) is 5. The summed E-state index contributed by atoms with van der Waals surface area (Å²) in [4.78, 5) is 26.1. The van der Waals surface area contributed by atoms with Crippen LogP contribution in [-0.4, -0.2) is 28.7 Å². The van der Waals surface area contributed by atoms with E-state index < -0.39 is 0 Å². The highest BCUT2D eigenvalue weighted by Crippen LogP contribution is 2.29. The molecule has 0 aliphatic rings. The summed E-state index contributed by atoms with van der Waals surface area (Å²) in [7, 11) is 1.56. The summed E-state index contributed by atoms with van der Waals surface area (Å²) in [6.45, 7) is 1.94. The third-order valence-electron chi connectivity index (χ3n) is 6.32. The molecule has 5 aromatic rings. The molecule has 0 unspecified atom stereocenters. The number of nitrogens with one attached hydrogen (secondary N) is 2. The normalized spacial score (nSPS) is 10.4. The average Bonchev–Trinajstić information content (AvgIpc) is 3.39. The van der Waals surface area contributed by atoms with E-state index in [2.05, 4.69) is 16.7 Å². The van der Waals surface area contributed by atoms with E-state index in [0.717, 1.165) is 17.0 Å². The fourth-order valence-electron chi connectivity index (χ4n) is 4.20. The maximum atomic E-state index is 13.2. The van der Waals surface area contributed by atoms with Gasteiger partial charge in [-0.2, -0.15) is 10.4 Å². The van der Waals surface area contributed by atoms with Crippen LogP contribution in [-0.2, 0) is 0 Å². The van der Waals surface area contributed by atoms with Gasteiger partial charge >= 0.3 is 0 Å². The molecule has 40 heavy (non-hydrogen) atoms. The lowest BCUT2D eigenvalue weighted by Gasteiger charge is -2.15. The number of amides is 2. The van der Waals surface area contributed by atoms with Crippen LogP contribution in [0.1, 0.15) is 32.0 Å². The molecule has 0 saturated heterocycles. The van der Waals surface area contributed by atoms with Crippen LogP contribution < -0.4 is 15.4 Å². The Balaban J connectivity index is 1.50. The predicted octanol–water partition coefficient (Wildman–Crippen LogP) is 6.23. The summed E-state index contributed by atoms with van der Waals surface area (Å²) in [5, 5.41) is 19.7. The van der Waals surface area contributed by atoms with E-state index in [1.165, 1.54) is 0 Å². The van der Waals surface area contributed by atoms with Gasteiger partial charge in [0.2, 0.25) is 0 Å². The van der Waals surface area contributed by atoms with Gasteiger partial charge in [-0.25, -0.2) is 4.68 Å². The number of benzene rings is 4. The van der Waals surface area contributed by atoms with E-state index in [0.29, 0.717) is 39.5 Å². The van der Waals surface area contributed by atoms with E-state index in [9.17, 15) is 9.59 Å². The molecule has 2 amide bonds. The molecule has 5 rings (SSSR count). The molecule has 8 heteroatoms. The molecular formula is C32H25N5O3. The number of anilines is 2. The molecule has 196 valence electrons. The number of hydrogen-bond donors (Lipinski definition) is 2. The zero-order valence-electron chi connectivity index (χ0n) is 21.9. The van der Waals surface area contributed by atoms with Gasteiger partial charge in [-0.1, -0.05) is 30.3 Å². The van der Waals surface area contributed by atoms with Crippen molar-refractivity contribution in [2.45, 2.75) is 6.92 Å². The van der Waals surface area contributed by atoms with Gasteiger partial charge < -0.3 is 15.4 Å². The van der Waals surface area contributed by atoms with E-state index in [-0.39, 0.29) is 11.8 Å². The van der Waals surface area contributed by atoms with Crippen molar-refractivity contribution in [2.75, 3.05) is 17.7 Å². The molecule has 0 bridgehead atoms. The molecule has 8 nitrogen and oxygen atoms in total. The minimum atomic E-state index is -0.363. The van der Waals surface area contributed by atoms with Crippen molar-refractivity contribution in [2.24, 2.45) is 0 Å². The van der Waals surface area contributed by atoms with Crippen LogP contribution in [0.4, 0.5) is 11.4 Å². The first kappa shape index (κ1) is 25.9. The van der Waals surface area contributed by atoms with Gasteiger partial charge in [0.25, 0.3) is 11.8 Å². The molecule has 0 fully saturated rings. The molecule has 0 radical (unpaired) electrons. The third-order valence-corrected chi connectivity index (χ3v) is 6.32. The molecule has 0 aliphatic carbocycles. The lowest BCUT2D eigenvalue weighted by Crippen LogP contribution is -2.16. The fraction of sp³-hybridized carbons (Fsp3) is 0.0625. The summed E-state index contributed by atoms with van der Waals surface area (Å²) >= 11 is 0. The Morgan fingerprint density at radius 2 is 1.48 bits per heavy atom. The quantitative estimate of drug-likeness (QED) is 0.261. The molecule has 4 aromatic carbocycles. The Morgan fingerprint density at radius 1 is 0.825 bits per heavy atom. The molecule has 0 atom stereocenters. The number of nitrogens with zero attached hydrogens (tertiary/aromatic N) is 3. The van der Waals surface area contributed by atoms with Crippen molar-refractivity contribution in [3.63, 3.8) is 0 Å². The molecule has 0 aliphatic heterocycles. The topological polar surface area (TPSA) is 109 Å². The van der Waals surface area contributed by atoms with Crippen LogP contribution in [0.2, 0.25) is 0 Å². The van der Waals surface area contributed by atoms with Crippen LogP contribution in [0.3, 0.4) is 0 Å². The first-order chi connectivity index (χ1) is 19.4. The molecule has 1 aromatic heterocycles. The lowest BCUT2D eigenvalue weighted by atomic mass is 10.1. The summed E-state index contributed by atoms with van der Waals surface area (Å²) in [5.74, 6) is -0.0166. The van der Waals surface area contributed by atoms with Gasteiger partial charge in [-0.15, -0.1) is 0 Å². The maximum Gasteiger partial charge on any atom is 0.255 e. The highest BCUT2D eigenvalue weighted by Gasteiger charge is 2.16. The highest BCUT2D eigenvalue weighted by molar-refractivity contribution is 6.07. The Kier molecular flexibility index (Phi) is 7.38. The first-order valence-corrected chi connectivity index (χ1v) is 12.5. The standard InChI is InChI=1S/C32H25N5O3/c1-21-18-28(23-6-4-3-5-7-23)36-37(21)30-17-14-26(34-31(38)25-12-15-27(40-2)16-13-25)19-29(30)35-32(39)24-10-8-22(20-33)9-11-24/h3-19H,1-2H3,(H,34,38)(H,35,39). The molecular weight excluding hydrogens is 502 g/mol. The SMILES string of the molecule is COc1ccc(C(=O)Nc2ccc(-n3nc(-c4ccccc4)cc3C)c(NC(=O)c3ccc(C#N)cc3)c2)cc1. The average molecular weight is 528 g/mol. The van der Waals surface area contributed by atoms with Crippen LogP contribution >= 0.6 is 0 Å². The second kappa shape index (κ2) is 11.4. The zero-order chi connectivity index (χ0) is 28.1. The van der Waals surface area contributed by atoms with Crippen molar-refractivity contribution < 1.29 is 14.3 Å². The number of rotatable bonds is 7. The van der Waals surface area contributed by atoms with Gasteiger partial charge in [0.1, 0.15) is 5.75 Å². The highest BCUT2D eigenvalue weighted by atomic mass is 16.5. The Labute approximate surface area is 231 Å². The van der Waals surface area contributed by atoms with E-state index >= 15 is 0 Å². The zero-order valence-corrected chi connectivity index (χ0v) is 21.9. The van der Waals surface area contributed by atoms with Crippen molar-refractivity contribution >= 4 is 23.2 Å². The number of methoxy groups -OCH3 is 1. The smallest absolute Gasteiger partial charge is 0.255 e. The maximum absolute atomic E-state index is 13.2. The van der Waals surface area contributed by atoms with Crippen LogP contribution in [0.15, 0.2) is 103 Å². The number of carbonyl (C=O) groups excluding carboxylic acids is 2. The van der Waals surface area contributed by atoms with Gasteiger partial charge in [-0.3, -0.25) is 9.59 Å². The monoisotopic (exact) mass is 527 g/mol. The molecule has 0 saturated carbocycles. The lowest BCUT2D eigenvalue weighted by molar-refractivity contribution is 0.101. The van der Waals surface area contributed by atoms with Crippen molar-refractivity contribution in [1.82, 2.24) is 9.78 Å². The largest absolute Gasteiger partial charge is 0.497 e. The predicted molar refractivity (Wildman–Crippen MR) is 154 cm³/mol. The Bertz CT molecular complexity index is 1720. The van der Waals surface area contributed by atoms with E-state index in [1.54, 1.807) is 78.5 Å². The van der Waals surface area contributed by atoms with Gasteiger partial charge in [0.05, 0.1) is 35.8 Å².